The lowest BCUT2D eigenvalue weighted by molar-refractivity contribution is 0.0755. The summed E-state index contributed by atoms with van der Waals surface area (Å²) in [7, 11) is 0. The molecule has 0 atom stereocenters. The summed E-state index contributed by atoms with van der Waals surface area (Å²) in [5.74, 6) is -0.871. The molecule has 0 bridgehead atoms. The van der Waals surface area contributed by atoms with Crippen molar-refractivity contribution in [3.8, 4) is 0 Å². The summed E-state index contributed by atoms with van der Waals surface area (Å²) in [5, 5.41) is 2.68. The number of carbonyl (C=O) groups excluding carboxylic acids is 2. The number of benzene rings is 1. The van der Waals surface area contributed by atoms with Crippen molar-refractivity contribution < 1.29 is 14.0 Å². The summed E-state index contributed by atoms with van der Waals surface area (Å²) >= 11 is 0. The molecule has 3 rings (SSSR count). The second-order valence-corrected chi connectivity index (χ2v) is 6.10. The molecule has 130 valence electrons. The van der Waals surface area contributed by atoms with Crippen LogP contribution in [-0.4, -0.2) is 34.8 Å². The van der Waals surface area contributed by atoms with Gasteiger partial charge in [0.15, 0.2) is 0 Å². The molecule has 2 heterocycles. The first-order valence-electron chi connectivity index (χ1n) is 8.46. The van der Waals surface area contributed by atoms with E-state index in [4.69, 9.17) is 0 Å². The van der Waals surface area contributed by atoms with Crippen LogP contribution in [0.4, 0.5) is 10.1 Å². The van der Waals surface area contributed by atoms with Gasteiger partial charge >= 0.3 is 0 Å². The van der Waals surface area contributed by atoms with E-state index in [0.29, 0.717) is 11.3 Å². The SMILES string of the molecule is O=C(Nc1ccc(F)cc1)c1ccnc(C(=O)N2CCCCCC2)c1. The summed E-state index contributed by atoms with van der Waals surface area (Å²) in [6, 6.07) is 8.58. The topological polar surface area (TPSA) is 62.3 Å². The molecule has 1 aliphatic rings. The van der Waals surface area contributed by atoms with Crippen LogP contribution in [0.3, 0.4) is 0 Å². The van der Waals surface area contributed by atoms with Crippen LogP contribution in [0.1, 0.15) is 46.5 Å². The minimum absolute atomic E-state index is 0.140. The van der Waals surface area contributed by atoms with Gasteiger partial charge in [-0.05, 0) is 49.2 Å². The zero-order valence-corrected chi connectivity index (χ0v) is 13.9. The minimum atomic E-state index is -0.368. The standard InChI is InChI=1S/C19H20FN3O2/c20-15-5-7-16(8-6-15)22-18(24)14-9-10-21-17(13-14)19(25)23-11-3-1-2-4-12-23/h5-10,13H,1-4,11-12H2,(H,22,24). The zero-order chi connectivity index (χ0) is 17.6. The Morgan fingerprint density at radius 1 is 1.00 bits per heavy atom. The number of amides is 2. The van der Waals surface area contributed by atoms with Gasteiger partial charge in [-0.1, -0.05) is 12.8 Å². The summed E-state index contributed by atoms with van der Waals surface area (Å²) in [5.41, 5.74) is 1.11. The van der Waals surface area contributed by atoms with Gasteiger partial charge in [0, 0.05) is 30.5 Å². The van der Waals surface area contributed by atoms with Gasteiger partial charge in [0.2, 0.25) is 0 Å². The lowest BCUT2D eigenvalue weighted by Gasteiger charge is -2.19. The summed E-state index contributed by atoms with van der Waals surface area (Å²) in [4.78, 5) is 30.9. The number of hydrogen-bond donors (Lipinski definition) is 1. The van der Waals surface area contributed by atoms with Crippen molar-refractivity contribution in [2.24, 2.45) is 0 Å². The van der Waals surface area contributed by atoms with Gasteiger partial charge < -0.3 is 10.2 Å². The molecule has 1 aromatic heterocycles. The van der Waals surface area contributed by atoms with E-state index in [1.165, 1.54) is 36.5 Å². The van der Waals surface area contributed by atoms with Crippen molar-refractivity contribution in [3.63, 3.8) is 0 Å². The summed E-state index contributed by atoms with van der Waals surface area (Å²) < 4.78 is 12.9. The average Bonchev–Trinajstić information content (AvgIpc) is 2.92. The van der Waals surface area contributed by atoms with E-state index in [9.17, 15) is 14.0 Å². The van der Waals surface area contributed by atoms with E-state index in [-0.39, 0.29) is 23.3 Å². The summed E-state index contributed by atoms with van der Waals surface area (Å²) in [6.07, 6.45) is 5.73. The number of nitrogens with one attached hydrogen (secondary N) is 1. The number of halogens is 1. The van der Waals surface area contributed by atoms with E-state index < -0.39 is 0 Å². The highest BCUT2D eigenvalue weighted by Gasteiger charge is 2.19. The van der Waals surface area contributed by atoms with Crippen molar-refractivity contribution in [1.82, 2.24) is 9.88 Å². The zero-order valence-electron chi connectivity index (χ0n) is 13.9. The number of pyridine rings is 1. The molecule has 5 nitrogen and oxygen atoms in total. The van der Waals surface area contributed by atoms with E-state index in [1.807, 2.05) is 0 Å². The van der Waals surface area contributed by atoms with Crippen molar-refractivity contribution in [2.75, 3.05) is 18.4 Å². The van der Waals surface area contributed by atoms with Crippen molar-refractivity contribution in [2.45, 2.75) is 25.7 Å². The highest BCUT2D eigenvalue weighted by molar-refractivity contribution is 6.05. The molecule has 1 aliphatic heterocycles. The molecule has 1 saturated heterocycles. The number of likely N-dealkylation sites (tertiary alicyclic amines) is 1. The molecule has 0 unspecified atom stereocenters. The number of anilines is 1. The predicted octanol–water partition coefficient (Wildman–Crippen LogP) is 3.49. The Labute approximate surface area is 145 Å². The molecule has 1 fully saturated rings. The second kappa shape index (κ2) is 7.88. The monoisotopic (exact) mass is 341 g/mol. The van der Waals surface area contributed by atoms with Crippen molar-refractivity contribution in [3.05, 3.63) is 59.7 Å². The normalized spacial score (nSPS) is 14.7. The smallest absolute Gasteiger partial charge is 0.272 e. The van der Waals surface area contributed by atoms with Crippen molar-refractivity contribution >= 4 is 17.5 Å². The minimum Gasteiger partial charge on any atom is -0.337 e. The number of aromatic nitrogens is 1. The largest absolute Gasteiger partial charge is 0.337 e. The number of hydrogen-bond acceptors (Lipinski definition) is 3. The molecule has 1 N–H and O–H groups in total. The quantitative estimate of drug-likeness (QED) is 0.929. The molecule has 0 spiro atoms. The molecule has 6 heteroatoms. The van der Waals surface area contributed by atoms with Crippen LogP contribution in [0.5, 0.6) is 0 Å². The van der Waals surface area contributed by atoms with Crippen LogP contribution in [0, 0.1) is 5.82 Å². The van der Waals surface area contributed by atoms with Gasteiger partial charge in [0.25, 0.3) is 11.8 Å². The third-order valence-electron chi connectivity index (χ3n) is 4.24. The molecule has 0 aliphatic carbocycles. The van der Waals surface area contributed by atoms with Crippen LogP contribution < -0.4 is 5.32 Å². The molecule has 1 aromatic carbocycles. The molecule has 0 radical (unpaired) electrons. The molecule has 2 amide bonds. The third kappa shape index (κ3) is 4.41. The van der Waals surface area contributed by atoms with Gasteiger partial charge in [0.1, 0.15) is 11.5 Å². The molecular formula is C19H20FN3O2. The maximum Gasteiger partial charge on any atom is 0.272 e. The molecule has 25 heavy (non-hydrogen) atoms. The van der Waals surface area contributed by atoms with E-state index >= 15 is 0 Å². The Hall–Kier alpha value is -2.76. The number of nitrogens with zero attached hydrogens (tertiary/aromatic N) is 2. The van der Waals surface area contributed by atoms with Gasteiger partial charge in [0.05, 0.1) is 0 Å². The van der Waals surface area contributed by atoms with E-state index in [0.717, 1.165) is 38.8 Å². The Morgan fingerprint density at radius 3 is 2.36 bits per heavy atom. The van der Waals surface area contributed by atoms with Gasteiger partial charge in [-0.3, -0.25) is 14.6 Å². The first-order valence-corrected chi connectivity index (χ1v) is 8.46. The summed E-state index contributed by atoms with van der Waals surface area (Å²) in [6.45, 7) is 1.46. The Kier molecular flexibility index (Phi) is 5.38. The highest BCUT2D eigenvalue weighted by Crippen LogP contribution is 2.14. The van der Waals surface area contributed by atoms with Crippen LogP contribution in [0.25, 0.3) is 0 Å². The number of rotatable bonds is 3. The lowest BCUT2D eigenvalue weighted by atomic mass is 10.2. The Balaban J connectivity index is 1.72. The third-order valence-corrected chi connectivity index (χ3v) is 4.24. The molecule has 2 aromatic rings. The first kappa shape index (κ1) is 17.1. The average molecular weight is 341 g/mol. The lowest BCUT2D eigenvalue weighted by Crippen LogP contribution is -2.32. The first-order chi connectivity index (χ1) is 12.1. The van der Waals surface area contributed by atoms with Crippen LogP contribution in [0.2, 0.25) is 0 Å². The van der Waals surface area contributed by atoms with Gasteiger partial charge in [-0.25, -0.2) is 4.39 Å². The molecule has 0 saturated carbocycles. The van der Waals surface area contributed by atoms with Crippen LogP contribution in [-0.2, 0) is 0 Å². The number of carbonyl (C=O) groups is 2. The van der Waals surface area contributed by atoms with Crippen molar-refractivity contribution in [1.29, 1.82) is 0 Å². The Bertz CT molecular complexity index is 754. The fourth-order valence-electron chi connectivity index (χ4n) is 2.86. The fourth-order valence-corrected chi connectivity index (χ4v) is 2.86. The van der Waals surface area contributed by atoms with Gasteiger partial charge in [-0.2, -0.15) is 0 Å². The second-order valence-electron chi connectivity index (χ2n) is 6.10. The molecular weight excluding hydrogens is 321 g/mol. The fraction of sp³-hybridized carbons (Fsp3) is 0.316. The van der Waals surface area contributed by atoms with Gasteiger partial charge in [-0.15, -0.1) is 0 Å². The highest BCUT2D eigenvalue weighted by atomic mass is 19.1. The maximum atomic E-state index is 12.9. The van der Waals surface area contributed by atoms with Crippen LogP contribution >= 0.6 is 0 Å². The predicted molar refractivity (Wildman–Crippen MR) is 93.0 cm³/mol. The maximum absolute atomic E-state index is 12.9. The van der Waals surface area contributed by atoms with Crippen LogP contribution in [0.15, 0.2) is 42.6 Å². The van der Waals surface area contributed by atoms with E-state index in [1.54, 1.807) is 11.0 Å². The van der Waals surface area contributed by atoms with E-state index in [2.05, 4.69) is 10.3 Å². The Morgan fingerprint density at radius 2 is 1.68 bits per heavy atom.